The van der Waals surface area contributed by atoms with E-state index in [4.69, 9.17) is 16.2 Å². The first-order valence-electron chi connectivity index (χ1n) is 6.59. The van der Waals surface area contributed by atoms with E-state index in [1.165, 1.54) is 23.5 Å². The molecule has 1 fully saturated rings. The van der Waals surface area contributed by atoms with Crippen LogP contribution in [0.2, 0.25) is 0 Å². The largest absolute Gasteiger partial charge is 0.495 e. The van der Waals surface area contributed by atoms with Crippen LogP contribution in [0.15, 0.2) is 23.1 Å². The van der Waals surface area contributed by atoms with Crippen molar-refractivity contribution in [2.45, 2.75) is 17.7 Å². The maximum Gasteiger partial charge on any atom is 0.246 e. The minimum Gasteiger partial charge on any atom is -0.495 e. The fraction of sp³-hybridized carbons (Fsp3) is 0.462. The van der Waals surface area contributed by atoms with Crippen molar-refractivity contribution in [3.63, 3.8) is 0 Å². The van der Waals surface area contributed by atoms with Gasteiger partial charge in [0.05, 0.1) is 7.11 Å². The molecular weight excluding hydrogens is 294 g/mol. The van der Waals surface area contributed by atoms with E-state index in [0.29, 0.717) is 18.5 Å². The molecule has 0 unspecified atom stereocenters. The summed E-state index contributed by atoms with van der Waals surface area (Å²) in [5.41, 5.74) is 11.3. The van der Waals surface area contributed by atoms with Gasteiger partial charge in [0.2, 0.25) is 15.9 Å². The molecule has 0 aliphatic carbocycles. The molecule has 0 aromatic heterocycles. The molecule has 1 saturated heterocycles. The summed E-state index contributed by atoms with van der Waals surface area (Å²) >= 11 is 0. The van der Waals surface area contributed by atoms with E-state index >= 15 is 0 Å². The summed E-state index contributed by atoms with van der Waals surface area (Å²) in [6.45, 7) is 0.516. The van der Waals surface area contributed by atoms with Crippen LogP contribution in [-0.4, -0.2) is 38.8 Å². The molecule has 4 N–H and O–H groups in total. The van der Waals surface area contributed by atoms with Crippen LogP contribution in [0.1, 0.15) is 12.8 Å². The highest BCUT2D eigenvalue weighted by atomic mass is 32.2. The number of carbonyl (C=O) groups is 1. The summed E-state index contributed by atoms with van der Waals surface area (Å²) in [7, 11) is -2.29. The van der Waals surface area contributed by atoms with Gasteiger partial charge in [0, 0.05) is 24.7 Å². The van der Waals surface area contributed by atoms with E-state index in [0.717, 1.165) is 0 Å². The highest BCUT2D eigenvalue weighted by molar-refractivity contribution is 7.89. The molecule has 1 heterocycles. The SMILES string of the molecule is COc1ccc(N)cc1S(=O)(=O)N1CCC(C(N)=O)CC1. The summed E-state index contributed by atoms with van der Waals surface area (Å²) < 4.78 is 31.8. The van der Waals surface area contributed by atoms with Gasteiger partial charge in [-0.3, -0.25) is 4.79 Å². The van der Waals surface area contributed by atoms with Crippen LogP contribution in [0, 0.1) is 5.92 Å². The Morgan fingerprint density at radius 3 is 2.48 bits per heavy atom. The number of carbonyl (C=O) groups excluding carboxylic acids is 1. The Labute approximate surface area is 123 Å². The molecule has 21 heavy (non-hydrogen) atoms. The number of amides is 1. The first kappa shape index (κ1) is 15.6. The Hall–Kier alpha value is -1.80. The Morgan fingerprint density at radius 2 is 1.95 bits per heavy atom. The first-order chi connectivity index (χ1) is 9.86. The monoisotopic (exact) mass is 313 g/mol. The summed E-state index contributed by atoms with van der Waals surface area (Å²) in [6, 6.07) is 4.49. The van der Waals surface area contributed by atoms with Gasteiger partial charge in [-0.15, -0.1) is 0 Å². The van der Waals surface area contributed by atoms with Crippen molar-refractivity contribution >= 4 is 21.6 Å². The number of benzene rings is 1. The first-order valence-corrected chi connectivity index (χ1v) is 8.03. The van der Waals surface area contributed by atoms with Crippen molar-refractivity contribution in [1.82, 2.24) is 4.31 Å². The minimum absolute atomic E-state index is 0.0440. The third kappa shape index (κ3) is 3.11. The molecule has 1 aromatic rings. The van der Waals surface area contributed by atoms with Crippen molar-refractivity contribution in [2.24, 2.45) is 11.7 Å². The lowest BCUT2D eigenvalue weighted by molar-refractivity contribution is -0.122. The Morgan fingerprint density at radius 1 is 1.33 bits per heavy atom. The minimum atomic E-state index is -3.70. The molecule has 0 saturated carbocycles. The summed E-state index contributed by atoms with van der Waals surface area (Å²) in [5, 5.41) is 0. The van der Waals surface area contributed by atoms with Crippen LogP contribution in [0.25, 0.3) is 0 Å². The number of anilines is 1. The van der Waals surface area contributed by atoms with Crippen LogP contribution in [-0.2, 0) is 14.8 Å². The van der Waals surface area contributed by atoms with E-state index in [-0.39, 0.29) is 35.6 Å². The molecule has 8 heteroatoms. The zero-order chi connectivity index (χ0) is 15.6. The van der Waals surface area contributed by atoms with Crippen molar-refractivity contribution in [2.75, 3.05) is 25.9 Å². The highest BCUT2D eigenvalue weighted by Gasteiger charge is 2.33. The molecule has 0 atom stereocenters. The van der Waals surface area contributed by atoms with Gasteiger partial charge in [-0.2, -0.15) is 4.31 Å². The average molecular weight is 313 g/mol. The van der Waals surface area contributed by atoms with E-state index < -0.39 is 10.0 Å². The maximum absolute atomic E-state index is 12.7. The number of nitrogens with two attached hydrogens (primary N) is 2. The molecule has 1 aliphatic heterocycles. The molecule has 1 amide bonds. The molecule has 0 radical (unpaired) electrons. The maximum atomic E-state index is 12.7. The number of nitrogens with zero attached hydrogens (tertiary/aromatic N) is 1. The molecule has 0 spiro atoms. The smallest absolute Gasteiger partial charge is 0.246 e. The van der Waals surface area contributed by atoms with Gasteiger partial charge in [0.25, 0.3) is 0 Å². The Balaban J connectivity index is 2.27. The number of ether oxygens (including phenoxy) is 1. The Bertz CT molecular complexity index is 637. The second-order valence-corrected chi connectivity index (χ2v) is 6.90. The molecule has 1 aliphatic rings. The molecule has 7 nitrogen and oxygen atoms in total. The third-order valence-electron chi connectivity index (χ3n) is 3.66. The number of piperidine rings is 1. The average Bonchev–Trinajstić information content (AvgIpc) is 2.47. The van der Waals surface area contributed by atoms with Gasteiger partial charge in [-0.05, 0) is 31.0 Å². The van der Waals surface area contributed by atoms with Crippen molar-refractivity contribution < 1.29 is 17.9 Å². The fourth-order valence-electron chi connectivity index (χ4n) is 2.41. The number of sulfonamides is 1. The van der Waals surface area contributed by atoms with Crippen molar-refractivity contribution in [3.05, 3.63) is 18.2 Å². The standard InChI is InChI=1S/C13H19N3O4S/c1-20-11-3-2-10(14)8-12(11)21(18,19)16-6-4-9(5-7-16)13(15)17/h2-3,8-9H,4-7,14H2,1H3,(H2,15,17). The van der Waals surface area contributed by atoms with Gasteiger partial charge in [-0.25, -0.2) is 8.42 Å². The zero-order valence-electron chi connectivity index (χ0n) is 11.8. The third-order valence-corrected chi connectivity index (χ3v) is 5.58. The quantitative estimate of drug-likeness (QED) is 0.768. The van der Waals surface area contributed by atoms with E-state index in [1.807, 2.05) is 0 Å². The lowest BCUT2D eigenvalue weighted by atomic mass is 9.98. The van der Waals surface area contributed by atoms with Crippen LogP contribution in [0.3, 0.4) is 0 Å². The van der Waals surface area contributed by atoms with Gasteiger partial charge in [0.1, 0.15) is 10.6 Å². The van der Waals surface area contributed by atoms with Crippen molar-refractivity contribution in [1.29, 1.82) is 0 Å². The summed E-state index contributed by atoms with van der Waals surface area (Å²) in [6.07, 6.45) is 0.860. The van der Waals surface area contributed by atoms with Gasteiger partial charge < -0.3 is 16.2 Å². The predicted octanol–water partition coefficient (Wildman–Crippen LogP) is 0.163. The number of rotatable bonds is 4. The Kier molecular flexibility index (Phi) is 4.38. The molecule has 1 aromatic carbocycles. The lowest BCUT2D eigenvalue weighted by Gasteiger charge is -2.30. The van der Waals surface area contributed by atoms with Crippen LogP contribution < -0.4 is 16.2 Å². The highest BCUT2D eigenvalue weighted by Crippen LogP contribution is 2.31. The second-order valence-electron chi connectivity index (χ2n) is 4.99. The molecule has 116 valence electrons. The van der Waals surface area contributed by atoms with Crippen LogP contribution >= 0.6 is 0 Å². The van der Waals surface area contributed by atoms with Gasteiger partial charge >= 0.3 is 0 Å². The summed E-state index contributed by atoms with van der Waals surface area (Å²) in [5.74, 6) is -0.394. The van der Waals surface area contributed by atoms with E-state index in [9.17, 15) is 13.2 Å². The summed E-state index contributed by atoms with van der Waals surface area (Å²) in [4.78, 5) is 11.2. The zero-order valence-corrected chi connectivity index (χ0v) is 12.6. The lowest BCUT2D eigenvalue weighted by Crippen LogP contribution is -2.41. The number of primary amides is 1. The molecule has 0 bridgehead atoms. The van der Waals surface area contributed by atoms with Crippen molar-refractivity contribution in [3.8, 4) is 5.75 Å². The van der Waals surface area contributed by atoms with Crippen LogP contribution in [0.5, 0.6) is 5.75 Å². The number of hydrogen-bond donors (Lipinski definition) is 2. The van der Waals surface area contributed by atoms with E-state index in [2.05, 4.69) is 0 Å². The van der Waals surface area contributed by atoms with Gasteiger partial charge in [0.15, 0.2) is 0 Å². The van der Waals surface area contributed by atoms with E-state index in [1.54, 1.807) is 6.07 Å². The second kappa shape index (κ2) is 5.90. The molecule has 2 rings (SSSR count). The molecular formula is C13H19N3O4S. The number of nitrogen functional groups attached to an aromatic ring is 1. The van der Waals surface area contributed by atoms with Crippen LogP contribution in [0.4, 0.5) is 5.69 Å². The number of methoxy groups -OCH3 is 1. The fourth-order valence-corrected chi connectivity index (χ4v) is 4.07. The number of hydrogen-bond acceptors (Lipinski definition) is 5. The normalized spacial score (nSPS) is 17.6. The topological polar surface area (TPSA) is 116 Å². The predicted molar refractivity (Wildman–Crippen MR) is 78.1 cm³/mol. The van der Waals surface area contributed by atoms with Gasteiger partial charge in [-0.1, -0.05) is 0 Å².